The van der Waals surface area contributed by atoms with Crippen molar-refractivity contribution in [3.8, 4) is 5.75 Å². The third-order valence-electron chi connectivity index (χ3n) is 4.69. The van der Waals surface area contributed by atoms with Gasteiger partial charge in [0.05, 0.1) is 12.0 Å². The van der Waals surface area contributed by atoms with Crippen LogP contribution < -0.4 is 10.1 Å². The zero-order chi connectivity index (χ0) is 15.0. The molecule has 110 valence electrons. The van der Waals surface area contributed by atoms with Crippen molar-refractivity contribution in [2.45, 2.75) is 39.2 Å². The van der Waals surface area contributed by atoms with Crippen LogP contribution in [0.1, 0.15) is 39.2 Å². The van der Waals surface area contributed by atoms with Crippen molar-refractivity contribution in [1.29, 1.82) is 0 Å². The molecule has 1 unspecified atom stereocenters. The number of hydrogen-bond donors (Lipinski definition) is 2. The number of aliphatic carboxylic acids is 1. The monoisotopic (exact) mass is 277 g/mol. The average Bonchev–Trinajstić information content (AvgIpc) is 2.79. The number of benzene rings is 1. The first-order valence-corrected chi connectivity index (χ1v) is 6.96. The van der Waals surface area contributed by atoms with Crippen LogP contribution in [0.3, 0.4) is 0 Å². The lowest BCUT2D eigenvalue weighted by atomic mass is 9.74. The van der Waals surface area contributed by atoms with Gasteiger partial charge in [-0.1, -0.05) is 18.2 Å². The van der Waals surface area contributed by atoms with Gasteiger partial charge in [0.25, 0.3) is 0 Å². The van der Waals surface area contributed by atoms with Crippen LogP contribution in [0.25, 0.3) is 0 Å². The highest BCUT2D eigenvalue weighted by molar-refractivity contribution is 5.75. The maximum Gasteiger partial charge on any atom is 0.310 e. The number of carbonyl (C=O) groups is 1. The van der Waals surface area contributed by atoms with E-state index in [2.05, 4.69) is 11.4 Å². The fourth-order valence-electron chi connectivity index (χ4n) is 2.26. The van der Waals surface area contributed by atoms with Crippen molar-refractivity contribution < 1.29 is 14.6 Å². The minimum absolute atomic E-state index is 0.273. The third kappa shape index (κ3) is 2.52. The van der Waals surface area contributed by atoms with Crippen LogP contribution in [-0.4, -0.2) is 29.8 Å². The largest absolute Gasteiger partial charge is 0.493 e. The van der Waals surface area contributed by atoms with E-state index in [0.29, 0.717) is 13.2 Å². The Hall–Kier alpha value is -1.55. The molecular weight excluding hydrogens is 254 g/mol. The highest BCUT2D eigenvalue weighted by atomic mass is 16.5. The smallest absolute Gasteiger partial charge is 0.310 e. The molecule has 0 radical (unpaired) electrons. The Morgan fingerprint density at radius 1 is 1.35 bits per heavy atom. The topological polar surface area (TPSA) is 58.6 Å². The molecule has 0 amide bonds. The summed E-state index contributed by atoms with van der Waals surface area (Å²) in [5, 5.41) is 12.8. The van der Waals surface area contributed by atoms with E-state index in [9.17, 15) is 9.90 Å². The summed E-state index contributed by atoms with van der Waals surface area (Å²) in [4.78, 5) is 11.4. The summed E-state index contributed by atoms with van der Waals surface area (Å²) in [6.07, 6.45) is 0. The molecule has 1 aromatic carbocycles. The summed E-state index contributed by atoms with van der Waals surface area (Å²) < 4.78 is 5.65. The molecule has 0 aliphatic carbocycles. The van der Waals surface area contributed by atoms with Gasteiger partial charge in [0.15, 0.2) is 0 Å². The van der Waals surface area contributed by atoms with E-state index in [-0.39, 0.29) is 5.92 Å². The van der Waals surface area contributed by atoms with E-state index < -0.39 is 16.9 Å². The molecule has 20 heavy (non-hydrogen) atoms. The minimum atomic E-state index is -0.841. The highest BCUT2D eigenvalue weighted by Gasteiger charge is 2.43. The van der Waals surface area contributed by atoms with Crippen LogP contribution in [0.2, 0.25) is 0 Å². The van der Waals surface area contributed by atoms with Gasteiger partial charge in [-0.2, -0.15) is 0 Å². The molecule has 1 aliphatic heterocycles. The number of nitrogens with one attached hydrogen (secondary N) is 1. The van der Waals surface area contributed by atoms with Gasteiger partial charge in [-0.05, 0) is 33.8 Å². The average molecular weight is 277 g/mol. The Kier molecular flexibility index (Phi) is 3.78. The first-order chi connectivity index (χ1) is 9.25. The molecule has 4 nitrogen and oxygen atoms in total. The summed E-state index contributed by atoms with van der Waals surface area (Å²) >= 11 is 0. The Morgan fingerprint density at radius 3 is 2.65 bits per heavy atom. The van der Waals surface area contributed by atoms with E-state index in [0.717, 1.165) is 5.75 Å². The number of fused-ring (bicyclic) bond motifs is 1. The molecule has 0 fully saturated rings. The number of ether oxygens (including phenoxy) is 1. The third-order valence-corrected chi connectivity index (χ3v) is 4.69. The van der Waals surface area contributed by atoms with Crippen molar-refractivity contribution in [3.05, 3.63) is 29.8 Å². The quantitative estimate of drug-likeness (QED) is 0.868. The SMILES string of the molecule is CC(C)(NCC1COc2ccccc21)C(C)(C)C(=O)O. The van der Waals surface area contributed by atoms with Gasteiger partial charge in [0.1, 0.15) is 5.75 Å². The molecule has 1 atom stereocenters. The summed E-state index contributed by atoms with van der Waals surface area (Å²) in [5.74, 6) is 0.419. The molecule has 4 heteroatoms. The van der Waals surface area contributed by atoms with Crippen LogP contribution in [-0.2, 0) is 4.79 Å². The molecule has 0 bridgehead atoms. The van der Waals surface area contributed by atoms with E-state index in [1.165, 1.54) is 5.56 Å². The van der Waals surface area contributed by atoms with Crippen LogP contribution in [0.15, 0.2) is 24.3 Å². The van der Waals surface area contributed by atoms with Crippen molar-refractivity contribution >= 4 is 5.97 Å². The van der Waals surface area contributed by atoms with Crippen LogP contribution in [0, 0.1) is 5.41 Å². The molecule has 0 saturated carbocycles. The lowest BCUT2D eigenvalue weighted by molar-refractivity contribution is -0.151. The summed E-state index contributed by atoms with van der Waals surface area (Å²) in [7, 11) is 0. The lowest BCUT2D eigenvalue weighted by Gasteiger charge is -2.39. The van der Waals surface area contributed by atoms with E-state index in [1.54, 1.807) is 13.8 Å². The second-order valence-corrected chi connectivity index (χ2v) is 6.48. The van der Waals surface area contributed by atoms with Gasteiger partial charge in [0.2, 0.25) is 0 Å². The molecule has 0 aromatic heterocycles. The molecule has 2 N–H and O–H groups in total. The standard InChI is InChI=1S/C16H23NO3/c1-15(2,14(18)19)16(3,4)17-9-11-10-20-13-8-6-5-7-12(11)13/h5-8,11,17H,9-10H2,1-4H3,(H,18,19). The Bertz CT molecular complexity index is 508. The zero-order valence-electron chi connectivity index (χ0n) is 12.6. The van der Waals surface area contributed by atoms with Crippen molar-refractivity contribution in [1.82, 2.24) is 5.32 Å². The molecule has 1 aliphatic rings. The van der Waals surface area contributed by atoms with Crippen molar-refractivity contribution in [3.63, 3.8) is 0 Å². The van der Waals surface area contributed by atoms with Gasteiger partial charge >= 0.3 is 5.97 Å². The van der Waals surface area contributed by atoms with Crippen molar-refractivity contribution in [2.24, 2.45) is 5.41 Å². The molecule has 0 saturated heterocycles. The van der Waals surface area contributed by atoms with Gasteiger partial charge in [0, 0.05) is 23.6 Å². The maximum absolute atomic E-state index is 11.4. The van der Waals surface area contributed by atoms with Gasteiger partial charge in [-0.15, -0.1) is 0 Å². The molecular formula is C16H23NO3. The summed E-state index contributed by atoms with van der Waals surface area (Å²) in [6.45, 7) is 8.73. The number of carboxylic acids is 1. The Morgan fingerprint density at radius 2 is 2.00 bits per heavy atom. The van der Waals surface area contributed by atoms with Crippen LogP contribution in [0.5, 0.6) is 5.75 Å². The normalized spacial score (nSPS) is 18.5. The number of para-hydroxylation sites is 1. The fraction of sp³-hybridized carbons (Fsp3) is 0.562. The van der Waals surface area contributed by atoms with Crippen LogP contribution in [0.4, 0.5) is 0 Å². The first kappa shape index (κ1) is 14.9. The van der Waals surface area contributed by atoms with Crippen LogP contribution >= 0.6 is 0 Å². The second kappa shape index (κ2) is 5.09. The Balaban J connectivity index is 2.05. The molecule has 0 spiro atoms. The Labute approximate surface area is 120 Å². The van der Waals surface area contributed by atoms with Crippen molar-refractivity contribution in [2.75, 3.05) is 13.2 Å². The predicted octanol–water partition coefficient (Wildman–Crippen LogP) is 2.64. The molecule has 1 aromatic rings. The highest BCUT2D eigenvalue weighted by Crippen LogP contribution is 2.35. The zero-order valence-corrected chi connectivity index (χ0v) is 12.6. The lowest BCUT2D eigenvalue weighted by Crippen LogP contribution is -2.56. The molecule has 1 heterocycles. The number of rotatable bonds is 5. The first-order valence-electron chi connectivity index (χ1n) is 6.96. The number of hydrogen-bond acceptors (Lipinski definition) is 3. The van der Waals surface area contributed by atoms with Gasteiger partial charge in [-0.25, -0.2) is 0 Å². The predicted molar refractivity (Wildman–Crippen MR) is 78.2 cm³/mol. The molecule has 2 rings (SSSR count). The fourth-order valence-corrected chi connectivity index (χ4v) is 2.26. The van der Waals surface area contributed by atoms with E-state index in [4.69, 9.17) is 4.74 Å². The maximum atomic E-state index is 11.4. The summed E-state index contributed by atoms with van der Waals surface area (Å²) in [5.41, 5.74) is -0.147. The van der Waals surface area contributed by atoms with E-state index in [1.807, 2.05) is 32.0 Å². The number of carboxylic acid groups (broad SMARTS) is 1. The summed E-state index contributed by atoms with van der Waals surface area (Å²) in [6, 6.07) is 8.02. The van der Waals surface area contributed by atoms with E-state index >= 15 is 0 Å². The minimum Gasteiger partial charge on any atom is -0.493 e. The second-order valence-electron chi connectivity index (χ2n) is 6.48. The van der Waals surface area contributed by atoms with Gasteiger partial charge < -0.3 is 15.2 Å². The van der Waals surface area contributed by atoms with Gasteiger partial charge in [-0.3, -0.25) is 4.79 Å².